The fourth-order valence-corrected chi connectivity index (χ4v) is 5.47. The second-order valence-electron chi connectivity index (χ2n) is 10.1. The summed E-state index contributed by atoms with van der Waals surface area (Å²) in [6, 6.07) is 21.5. The van der Waals surface area contributed by atoms with Crippen molar-refractivity contribution < 1.29 is 18.0 Å². The molecule has 9 heteroatoms. The predicted molar refractivity (Wildman–Crippen MR) is 160 cm³/mol. The lowest BCUT2D eigenvalue weighted by molar-refractivity contribution is -0.140. The number of sulfonamides is 1. The molecule has 39 heavy (non-hydrogen) atoms. The van der Waals surface area contributed by atoms with E-state index in [1.807, 2.05) is 94.4 Å². The zero-order chi connectivity index (χ0) is 28.7. The van der Waals surface area contributed by atoms with Crippen LogP contribution in [0.4, 0.5) is 5.69 Å². The van der Waals surface area contributed by atoms with E-state index in [4.69, 9.17) is 0 Å². The van der Waals surface area contributed by atoms with Gasteiger partial charge in [0.15, 0.2) is 0 Å². The van der Waals surface area contributed by atoms with Gasteiger partial charge in [0, 0.05) is 23.5 Å². The van der Waals surface area contributed by atoms with Crippen molar-refractivity contribution in [2.24, 2.45) is 0 Å². The summed E-state index contributed by atoms with van der Waals surface area (Å²) in [5.74, 6) is -0.763. The van der Waals surface area contributed by atoms with Gasteiger partial charge in [0.1, 0.15) is 12.6 Å². The van der Waals surface area contributed by atoms with E-state index in [1.54, 1.807) is 6.07 Å². The van der Waals surface area contributed by atoms with Crippen molar-refractivity contribution in [1.82, 2.24) is 10.2 Å². The van der Waals surface area contributed by atoms with Crippen molar-refractivity contribution in [1.29, 1.82) is 0 Å². The first-order valence-corrected chi connectivity index (χ1v) is 15.4. The number of aryl methyl sites for hydroxylation is 2. The summed E-state index contributed by atoms with van der Waals surface area (Å²) in [7, 11) is -3.81. The maximum Gasteiger partial charge on any atom is 0.244 e. The molecule has 0 fully saturated rings. The molecule has 0 saturated carbocycles. The van der Waals surface area contributed by atoms with Gasteiger partial charge in [-0.25, -0.2) is 8.42 Å². The van der Waals surface area contributed by atoms with Crippen LogP contribution in [0.1, 0.15) is 36.1 Å². The molecule has 3 aromatic rings. The highest BCUT2D eigenvalue weighted by atomic mass is 79.9. The first-order chi connectivity index (χ1) is 18.3. The molecule has 0 heterocycles. The molecule has 0 aliphatic rings. The Bertz CT molecular complexity index is 1390. The van der Waals surface area contributed by atoms with Crippen molar-refractivity contribution in [3.63, 3.8) is 0 Å². The summed E-state index contributed by atoms with van der Waals surface area (Å²) < 4.78 is 27.9. The summed E-state index contributed by atoms with van der Waals surface area (Å²) in [6.07, 6.45) is 1.37. The van der Waals surface area contributed by atoms with Gasteiger partial charge in [0.2, 0.25) is 21.8 Å². The van der Waals surface area contributed by atoms with Crippen LogP contribution in [0.25, 0.3) is 0 Å². The van der Waals surface area contributed by atoms with Crippen LogP contribution in [0.15, 0.2) is 77.3 Å². The second kappa shape index (κ2) is 13.3. The highest BCUT2D eigenvalue weighted by molar-refractivity contribution is 9.10. The van der Waals surface area contributed by atoms with Gasteiger partial charge < -0.3 is 10.2 Å². The van der Waals surface area contributed by atoms with E-state index in [1.165, 1.54) is 4.90 Å². The molecule has 0 aromatic heterocycles. The number of halogens is 1. The molecule has 0 radical (unpaired) electrons. The number of amides is 2. The van der Waals surface area contributed by atoms with Crippen LogP contribution >= 0.6 is 15.9 Å². The van der Waals surface area contributed by atoms with Crippen LogP contribution < -0.4 is 9.62 Å². The third-order valence-electron chi connectivity index (χ3n) is 6.28. The van der Waals surface area contributed by atoms with Crippen molar-refractivity contribution in [3.8, 4) is 0 Å². The number of nitrogens with one attached hydrogen (secondary N) is 1. The van der Waals surface area contributed by atoms with Crippen LogP contribution in [0.2, 0.25) is 0 Å². The third kappa shape index (κ3) is 8.66. The Kier molecular flexibility index (Phi) is 10.3. The highest BCUT2D eigenvalue weighted by Gasteiger charge is 2.33. The maximum atomic E-state index is 14.1. The molecule has 7 nitrogen and oxygen atoms in total. The van der Waals surface area contributed by atoms with E-state index in [9.17, 15) is 18.0 Å². The molecule has 1 atom stereocenters. The molecule has 0 aliphatic carbocycles. The Labute approximate surface area is 240 Å². The fraction of sp³-hybridized carbons (Fsp3) is 0.333. The molecule has 0 spiro atoms. The van der Waals surface area contributed by atoms with Gasteiger partial charge in [-0.3, -0.25) is 13.9 Å². The number of hydrogen-bond acceptors (Lipinski definition) is 4. The summed E-state index contributed by atoms with van der Waals surface area (Å²) in [4.78, 5) is 29.1. The largest absolute Gasteiger partial charge is 0.352 e. The molecule has 3 aromatic carbocycles. The smallest absolute Gasteiger partial charge is 0.244 e. The number of carbonyl (C=O) groups is 2. The Morgan fingerprint density at radius 3 is 2.15 bits per heavy atom. The first-order valence-electron chi connectivity index (χ1n) is 12.8. The van der Waals surface area contributed by atoms with E-state index in [2.05, 4.69) is 21.2 Å². The Morgan fingerprint density at radius 1 is 0.923 bits per heavy atom. The van der Waals surface area contributed by atoms with Crippen LogP contribution in [-0.4, -0.2) is 50.0 Å². The number of benzene rings is 3. The fourth-order valence-electron chi connectivity index (χ4n) is 4.30. The molecule has 0 aliphatic heterocycles. The lowest BCUT2D eigenvalue weighted by Gasteiger charge is -2.34. The molecular formula is C30H36BrN3O4S. The quantitative estimate of drug-likeness (QED) is 0.330. The average Bonchev–Trinajstić information content (AvgIpc) is 2.86. The standard InChI is InChI=1S/C30H36BrN3O4S/c1-21(2)32-30(36)28(18-24-9-7-6-8-10-24)33(19-25-13-15-26(31)16-14-25)29(35)20-34(39(5,37)38)27-17-22(3)11-12-23(27)4/h6-17,21,28H,18-20H2,1-5H3,(H,32,36). The maximum absolute atomic E-state index is 14.1. The van der Waals surface area contributed by atoms with Gasteiger partial charge >= 0.3 is 0 Å². The van der Waals surface area contributed by atoms with Crippen molar-refractivity contribution in [2.75, 3.05) is 17.1 Å². The SMILES string of the molecule is Cc1ccc(C)c(N(CC(=O)N(Cc2ccc(Br)cc2)C(Cc2ccccc2)C(=O)NC(C)C)S(C)(=O)=O)c1. The topological polar surface area (TPSA) is 86.8 Å². The molecule has 0 bridgehead atoms. The van der Waals surface area contributed by atoms with Crippen molar-refractivity contribution >= 4 is 43.5 Å². The van der Waals surface area contributed by atoms with Crippen molar-refractivity contribution in [3.05, 3.63) is 99.5 Å². The third-order valence-corrected chi connectivity index (χ3v) is 7.94. The van der Waals surface area contributed by atoms with E-state index in [0.717, 1.165) is 37.3 Å². The van der Waals surface area contributed by atoms with E-state index in [0.29, 0.717) is 5.69 Å². The van der Waals surface area contributed by atoms with Gasteiger partial charge in [0.25, 0.3) is 0 Å². The Balaban J connectivity index is 2.07. The molecule has 208 valence electrons. The van der Waals surface area contributed by atoms with Gasteiger partial charge in [-0.05, 0) is 68.1 Å². The number of carbonyl (C=O) groups excluding carboxylic acids is 2. The molecule has 1 unspecified atom stereocenters. The normalized spacial score (nSPS) is 12.2. The molecule has 1 N–H and O–H groups in total. The monoisotopic (exact) mass is 613 g/mol. The van der Waals surface area contributed by atoms with Crippen LogP contribution in [0.5, 0.6) is 0 Å². The summed E-state index contributed by atoms with van der Waals surface area (Å²) in [5.41, 5.74) is 3.77. The molecular weight excluding hydrogens is 578 g/mol. The number of rotatable bonds is 11. The molecule has 0 saturated heterocycles. The summed E-state index contributed by atoms with van der Waals surface area (Å²) >= 11 is 3.44. The van der Waals surface area contributed by atoms with Gasteiger partial charge in [-0.2, -0.15) is 0 Å². The summed E-state index contributed by atoms with van der Waals surface area (Å²) in [6.45, 7) is 7.12. The Hall–Kier alpha value is -3.17. The van der Waals surface area contributed by atoms with E-state index in [-0.39, 0.29) is 24.9 Å². The van der Waals surface area contributed by atoms with Crippen molar-refractivity contribution in [2.45, 2.75) is 52.7 Å². The molecule has 3 rings (SSSR count). The van der Waals surface area contributed by atoms with E-state index < -0.39 is 28.5 Å². The van der Waals surface area contributed by atoms with Gasteiger partial charge in [-0.1, -0.05) is 70.5 Å². The zero-order valence-corrected chi connectivity index (χ0v) is 25.4. The van der Waals surface area contributed by atoms with Gasteiger partial charge in [0.05, 0.1) is 11.9 Å². The number of anilines is 1. The Morgan fingerprint density at radius 2 is 1.56 bits per heavy atom. The van der Waals surface area contributed by atoms with E-state index >= 15 is 0 Å². The predicted octanol–water partition coefficient (Wildman–Crippen LogP) is 5.00. The minimum atomic E-state index is -3.81. The number of nitrogens with zero attached hydrogens (tertiary/aromatic N) is 2. The zero-order valence-electron chi connectivity index (χ0n) is 23.0. The average molecular weight is 615 g/mol. The van der Waals surface area contributed by atoms with Crippen LogP contribution in [0, 0.1) is 13.8 Å². The van der Waals surface area contributed by atoms with Crippen LogP contribution in [-0.2, 0) is 32.6 Å². The minimum absolute atomic E-state index is 0.136. The lowest BCUT2D eigenvalue weighted by atomic mass is 10.0. The summed E-state index contributed by atoms with van der Waals surface area (Å²) in [5, 5.41) is 2.95. The molecule has 2 amide bonds. The second-order valence-corrected chi connectivity index (χ2v) is 12.9. The van der Waals surface area contributed by atoms with Gasteiger partial charge in [-0.15, -0.1) is 0 Å². The van der Waals surface area contributed by atoms with Crippen LogP contribution in [0.3, 0.4) is 0 Å². The first kappa shape index (κ1) is 30.4. The minimum Gasteiger partial charge on any atom is -0.352 e. The highest BCUT2D eigenvalue weighted by Crippen LogP contribution is 2.25. The lowest BCUT2D eigenvalue weighted by Crippen LogP contribution is -2.54. The number of hydrogen-bond donors (Lipinski definition) is 1.